The molecule has 22 heavy (non-hydrogen) atoms. The van der Waals surface area contributed by atoms with Gasteiger partial charge in [0.05, 0.1) is 12.3 Å². The van der Waals surface area contributed by atoms with Gasteiger partial charge in [0, 0.05) is 6.42 Å². The van der Waals surface area contributed by atoms with Crippen molar-refractivity contribution in [2.75, 3.05) is 12.3 Å². The van der Waals surface area contributed by atoms with Gasteiger partial charge in [0.2, 0.25) is 0 Å². The Labute approximate surface area is 133 Å². The van der Waals surface area contributed by atoms with E-state index >= 15 is 0 Å². The molecule has 1 aromatic carbocycles. The van der Waals surface area contributed by atoms with Crippen LogP contribution >= 0.6 is 0 Å². The van der Waals surface area contributed by atoms with Crippen LogP contribution in [0.25, 0.3) is 0 Å². The standard InChI is InChI=1S/C18H29NO3/c19-16-12-9-10-13-17(16)22-15-11-7-5-3-1-2-4-6-8-14-18(20)21/h9-10,12-13H,1-8,11,14-15,19H2,(H,20,21). The molecular weight excluding hydrogens is 278 g/mol. The topological polar surface area (TPSA) is 72.5 Å². The molecule has 1 rings (SSSR count). The van der Waals surface area contributed by atoms with E-state index in [2.05, 4.69) is 0 Å². The Balaban J connectivity index is 1.84. The molecule has 1 aromatic rings. The van der Waals surface area contributed by atoms with Crippen LogP contribution in [-0.4, -0.2) is 17.7 Å². The van der Waals surface area contributed by atoms with Crippen LogP contribution in [0.4, 0.5) is 5.69 Å². The Kier molecular flexibility index (Phi) is 9.92. The summed E-state index contributed by atoms with van der Waals surface area (Å²) in [6, 6.07) is 7.59. The summed E-state index contributed by atoms with van der Waals surface area (Å²) in [7, 11) is 0. The predicted molar refractivity (Wildman–Crippen MR) is 90.2 cm³/mol. The Hall–Kier alpha value is -1.71. The van der Waals surface area contributed by atoms with Gasteiger partial charge < -0.3 is 15.6 Å². The Morgan fingerprint density at radius 1 is 0.909 bits per heavy atom. The molecule has 4 heteroatoms. The number of para-hydroxylation sites is 2. The highest BCUT2D eigenvalue weighted by Crippen LogP contribution is 2.20. The van der Waals surface area contributed by atoms with Gasteiger partial charge in [-0.3, -0.25) is 4.79 Å². The largest absolute Gasteiger partial charge is 0.491 e. The molecule has 0 bridgehead atoms. The highest BCUT2D eigenvalue weighted by Gasteiger charge is 1.99. The van der Waals surface area contributed by atoms with Crippen LogP contribution in [0.3, 0.4) is 0 Å². The molecule has 0 unspecified atom stereocenters. The first kappa shape index (κ1) is 18.3. The number of carboxylic acid groups (broad SMARTS) is 1. The normalized spacial score (nSPS) is 10.5. The smallest absolute Gasteiger partial charge is 0.303 e. The van der Waals surface area contributed by atoms with Crippen LogP contribution < -0.4 is 10.5 Å². The molecule has 0 aromatic heterocycles. The Morgan fingerprint density at radius 3 is 2.05 bits per heavy atom. The van der Waals surface area contributed by atoms with E-state index in [1.807, 2.05) is 24.3 Å². The molecule has 0 fully saturated rings. The third kappa shape index (κ3) is 9.27. The molecule has 0 aliphatic carbocycles. The second-order valence-electron chi connectivity index (χ2n) is 5.71. The van der Waals surface area contributed by atoms with Gasteiger partial charge in [-0.05, 0) is 25.0 Å². The third-order valence-electron chi connectivity index (χ3n) is 3.71. The SMILES string of the molecule is Nc1ccccc1OCCCCCCCCCCCC(=O)O. The number of carbonyl (C=O) groups is 1. The minimum absolute atomic E-state index is 0.311. The van der Waals surface area contributed by atoms with Gasteiger partial charge in [0.15, 0.2) is 0 Å². The summed E-state index contributed by atoms with van der Waals surface area (Å²) in [6.45, 7) is 0.726. The average Bonchev–Trinajstić information content (AvgIpc) is 2.49. The molecule has 124 valence electrons. The van der Waals surface area contributed by atoms with Crippen molar-refractivity contribution >= 4 is 11.7 Å². The summed E-state index contributed by atoms with van der Waals surface area (Å²) in [5.41, 5.74) is 6.51. The van der Waals surface area contributed by atoms with Crippen molar-refractivity contribution in [2.24, 2.45) is 0 Å². The van der Waals surface area contributed by atoms with Crippen LogP contribution in [0.2, 0.25) is 0 Å². The number of carboxylic acids is 1. The highest BCUT2D eigenvalue weighted by molar-refractivity contribution is 5.66. The van der Waals surface area contributed by atoms with E-state index in [1.54, 1.807) is 0 Å². The molecular formula is C18H29NO3. The fourth-order valence-corrected chi connectivity index (χ4v) is 2.41. The minimum atomic E-state index is -0.681. The predicted octanol–water partition coefficient (Wildman–Crippen LogP) is 4.63. The summed E-state index contributed by atoms with van der Waals surface area (Å²) in [6.07, 6.45) is 10.5. The van der Waals surface area contributed by atoms with Crippen molar-refractivity contribution in [3.8, 4) is 5.75 Å². The van der Waals surface area contributed by atoms with Crippen LogP contribution in [0.5, 0.6) is 5.75 Å². The zero-order chi connectivity index (χ0) is 16.0. The number of benzene rings is 1. The molecule has 0 saturated heterocycles. The number of hydrogen-bond acceptors (Lipinski definition) is 3. The number of nitrogens with two attached hydrogens (primary N) is 1. The van der Waals surface area contributed by atoms with Gasteiger partial charge in [0.1, 0.15) is 5.75 Å². The van der Waals surface area contributed by atoms with Crippen LogP contribution in [0, 0.1) is 0 Å². The second-order valence-corrected chi connectivity index (χ2v) is 5.71. The van der Waals surface area contributed by atoms with E-state index in [-0.39, 0.29) is 0 Å². The third-order valence-corrected chi connectivity index (χ3v) is 3.71. The number of anilines is 1. The number of hydrogen-bond donors (Lipinski definition) is 2. The van der Waals surface area contributed by atoms with Crippen LogP contribution in [-0.2, 0) is 4.79 Å². The average molecular weight is 307 g/mol. The zero-order valence-corrected chi connectivity index (χ0v) is 13.4. The quantitative estimate of drug-likeness (QED) is 0.411. The summed E-state index contributed by atoms with van der Waals surface area (Å²) in [5, 5.41) is 8.53. The molecule has 4 nitrogen and oxygen atoms in total. The Morgan fingerprint density at radius 2 is 1.45 bits per heavy atom. The monoisotopic (exact) mass is 307 g/mol. The van der Waals surface area contributed by atoms with Gasteiger partial charge in [-0.15, -0.1) is 0 Å². The molecule has 0 heterocycles. The Bertz CT molecular complexity index is 421. The van der Waals surface area contributed by atoms with Crippen molar-refractivity contribution in [1.82, 2.24) is 0 Å². The number of nitrogen functional groups attached to an aromatic ring is 1. The number of aliphatic carboxylic acids is 1. The maximum atomic E-state index is 10.4. The van der Waals surface area contributed by atoms with Gasteiger partial charge in [-0.2, -0.15) is 0 Å². The highest BCUT2D eigenvalue weighted by atomic mass is 16.5. The molecule has 0 aliphatic rings. The van der Waals surface area contributed by atoms with Crippen molar-refractivity contribution in [3.63, 3.8) is 0 Å². The lowest BCUT2D eigenvalue weighted by molar-refractivity contribution is -0.137. The lowest BCUT2D eigenvalue weighted by atomic mass is 10.1. The van der Waals surface area contributed by atoms with Crippen molar-refractivity contribution in [2.45, 2.75) is 64.2 Å². The van der Waals surface area contributed by atoms with E-state index in [0.717, 1.165) is 38.0 Å². The maximum absolute atomic E-state index is 10.4. The van der Waals surface area contributed by atoms with E-state index in [1.165, 1.54) is 32.1 Å². The van der Waals surface area contributed by atoms with E-state index in [9.17, 15) is 4.79 Å². The minimum Gasteiger partial charge on any atom is -0.491 e. The first-order valence-electron chi connectivity index (χ1n) is 8.39. The number of ether oxygens (including phenoxy) is 1. The molecule has 0 spiro atoms. The van der Waals surface area contributed by atoms with Crippen LogP contribution in [0.15, 0.2) is 24.3 Å². The number of rotatable bonds is 13. The molecule has 0 amide bonds. The lowest BCUT2D eigenvalue weighted by Crippen LogP contribution is -2.00. The summed E-state index contributed by atoms with van der Waals surface area (Å²) in [5.74, 6) is 0.100. The first-order chi connectivity index (χ1) is 10.7. The summed E-state index contributed by atoms with van der Waals surface area (Å²) < 4.78 is 5.66. The molecule has 0 radical (unpaired) electrons. The van der Waals surface area contributed by atoms with E-state index < -0.39 is 5.97 Å². The van der Waals surface area contributed by atoms with Gasteiger partial charge in [-0.1, -0.05) is 57.1 Å². The van der Waals surface area contributed by atoms with E-state index in [0.29, 0.717) is 12.1 Å². The van der Waals surface area contributed by atoms with Crippen molar-refractivity contribution in [3.05, 3.63) is 24.3 Å². The second kappa shape index (κ2) is 11.9. The molecule has 0 saturated carbocycles. The molecule has 0 aliphatic heterocycles. The fraction of sp³-hybridized carbons (Fsp3) is 0.611. The van der Waals surface area contributed by atoms with E-state index in [4.69, 9.17) is 15.6 Å². The van der Waals surface area contributed by atoms with Crippen LogP contribution in [0.1, 0.15) is 64.2 Å². The van der Waals surface area contributed by atoms with Crippen molar-refractivity contribution < 1.29 is 14.6 Å². The first-order valence-corrected chi connectivity index (χ1v) is 8.39. The van der Waals surface area contributed by atoms with Gasteiger partial charge in [-0.25, -0.2) is 0 Å². The van der Waals surface area contributed by atoms with Gasteiger partial charge in [0.25, 0.3) is 0 Å². The maximum Gasteiger partial charge on any atom is 0.303 e. The lowest BCUT2D eigenvalue weighted by Gasteiger charge is -2.08. The number of unbranched alkanes of at least 4 members (excludes halogenated alkanes) is 8. The molecule has 0 atom stereocenters. The fourth-order valence-electron chi connectivity index (χ4n) is 2.41. The summed E-state index contributed by atoms with van der Waals surface area (Å²) in [4.78, 5) is 10.4. The van der Waals surface area contributed by atoms with Crippen molar-refractivity contribution in [1.29, 1.82) is 0 Å². The molecule has 3 N–H and O–H groups in total. The van der Waals surface area contributed by atoms with Gasteiger partial charge >= 0.3 is 5.97 Å². The summed E-state index contributed by atoms with van der Waals surface area (Å²) >= 11 is 0. The zero-order valence-electron chi connectivity index (χ0n) is 13.4.